The lowest BCUT2D eigenvalue weighted by Gasteiger charge is -2.03. The monoisotopic (exact) mass is 696 g/mol. The molecule has 0 spiro atoms. The number of aryl methyl sites for hydroxylation is 4. The van der Waals surface area contributed by atoms with Crippen molar-refractivity contribution in [1.82, 2.24) is 18.3 Å². The maximum absolute atomic E-state index is 13.1. The predicted octanol–water partition coefficient (Wildman–Crippen LogP) is 4.48. The molecule has 0 aromatic carbocycles. The van der Waals surface area contributed by atoms with Gasteiger partial charge in [0, 0.05) is 64.7 Å². The number of carbonyl (C=O) groups excluding carboxylic acids is 5. The number of hydrogen-bond acceptors (Lipinski definition) is 6. The second kappa shape index (κ2) is 14.8. The summed E-state index contributed by atoms with van der Waals surface area (Å²) in [5.74, 6) is -1.94. The molecule has 244 valence electrons. The Morgan fingerprint density at radius 2 is 0.957 bits per heavy atom. The van der Waals surface area contributed by atoms with Crippen LogP contribution in [-0.2, 0) is 37.7 Å². The molecular formula is C31H37BrN8O6. The quantitative estimate of drug-likeness (QED) is 0.0916. The average Bonchev–Trinajstić information content (AvgIpc) is 3.76. The zero-order valence-electron chi connectivity index (χ0n) is 26.3. The van der Waals surface area contributed by atoms with Crippen molar-refractivity contribution in [3.05, 3.63) is 71.8 Å². The van der Waals surface area contributed by atoms with E-state index in [1.165, 1.54) is 25.3 Å². The highest BCUT2D eigenvalue weighted by atomic mass is 79.9. The van der Waals surface area contributed by atoms with Crippen molar-refractivity contribution in [3.8, 4) is 0 Å². The first-order valence-electron chi connectivity index (χ1n) is 14.4. The molecule has 0 aliphatic carbocycles. The van der Waals surface area contributed by atoms with Crippen LogP contribution in [0.5, 0.6) is 0 Å². The zero-order valence-corrected chi connectivity index (χ0v) is 27.9. The lowest BCUT2D eigenvalue weighted by molar-refractivity contribution is -0.116. The molecule has 0 atom stereocenters. The number of halogens is 1. The maximum Gasteiger partial charge on any atom is 0.354 e. The number of rotatable bonds is 13. The van der Waals surface area contributed by atoms with Gasteiger partial charge >= 0.3 is 5.97 Å². The standard InChI is InChI=1S/C31H37BrN8O6/c1-37-15-19(33-27(41)9-7-6-8-10-32)11-23(37)28(42)34-20-12-24(38(2)16-20)29(43)35-21-13-25(39(3)17-21)30(44)36-22-14-26(31(45)46-5)40(4)18-22/h11-18H,6-10H2,1-5H3,(H,33,41)(H,34,42)(H,35,43)(H,36,44). The highest BCUT2D eigenvalue weighted by Gasteiger charge is 2.20. The summed E-state index contributed by atoms with van der Waals surface area (Å²) in [5.41, 5.74) is 2.86. The topological polar surface area (TPSA) is 162 Å². The highest BCUT2D eigenvalue weighted by molar-refractivity contribution is 9.09. The molecule has 4 N–H and O–H groups in total. The van der Waals surface area contributed by atoms with Crippen molar-refractivity contribution < 1.29 is 28.7 Å². The van der Waals surface area contributed by atoms with Crippen LogP contribution in [0.4, 0.5) is 22.7 Å². The second-order valence-electron chi connectivity index (χ2n) is 10.8. The Morgan fingerprint density at radius 3 is 1.35 bits per heavy atom. The van der Waals surface area contributed by atoms with E-state index in [1.54, 1.807) is 77.3 Å². The summed E-state index contributed by atoms with van der Waals surface area (Å²) in [6.45, 7) is 0. The highest BCUT2D eigenvalue weighted by Crippen LogP contribution is 2.21. The maximum atomic E-state index is 13.1. The summed E-state index contributed by atoms with van der Waals surface area (Å²) < 4.78 is 11.0. The van der Waals surface area contributed by atoms with Crippen LogP contribution < -0.4 is 21.3 Å². The lowest BCUT2D eigenvalue weighted by Crippen LogP contribution is -2.15. The Labute approximate surface area is 274 Å². The van der Waals surface area contributed by atoms with Crippen molar-refractivity contribution >= 4 is 68.3 Å². The Morgan fingerprint density at radius 1 is 0.587 bits per heavy atom. The number of nitrogens with zero attached hydrogens (tertiary/aromatic N) is 4. The lowest BCUT2D eigenvalue weighted by atomic mass is 10.2. The number of esters is 1. The molecule has 4 heterocycles. The van der Waals surface area contributed by atoms with E-state index in [0.717, 1.165) is 24.6 Å². The van der Waals surface area contributed by atoms with E-state index < -0.39 is 23.7 Å². The van der Waals surface area contributed by atoms with Gasteiger partial charge in [0.05, 0.1) is 29.9 Å². The largest absolute Gasteiger partial charge is 0.464 e. The van der Waals surface area contributed by atoms with Gasteiger partial charge < -0.3 is 44.3 Å². The molecule has 4 aromatic heterocycles. The molecular weight excluding hydrogens is 660 g/mol. The minimum atomic E-state index is -0.531. The van der Waals surface area contributed by atoms with Gasteiger partial charge in [-0.2, -0.15) is 0 Å². The fourth-order valence-corrected chi connectivity index (χ4v) is 5.28. The molecule has 4 rings (SSSR count). The number of unbranched alkanes of at least 4 members (excludes halogenated alkanes) is 2. The number of nitrogens with one attached hydrogen (secondary N) is 4. The molecule has 4 amide bonds. The van der Waals surface area contributed by atoms with Gasteiger partial charge in [-0.3, -0.25) is 19.2 Å². The number of carbonyl (C=O) groups is 5. The Kier molecular flexibility index (Phi) is 10.9. The molecule has 0 saturated carbocycles. The minimum absolute atomic E-state index is 0.109. The SMILES string of the molecule is COC(=O)c1cc(NC(=O)c2cc(NC(=O)c3cc(NC(=O)c4cc(NC(=O)CCCCCBr)cn4C)cn3C)cn2C)cn1C. The van der Waals surface area contributed by atoms with E-state index in [9.17, 15) is 24.0 Å². The molecule has 14 nitrogen and oxygen atoms in total. The third kappa shape index (κ3) is 8.15. The first-order valence-corrected chi connectivity index (χ1v) is 15.6. The summed E-state index contributed by atoms with van der Waals surface area (Å²) in [7, 11) is 7.98. The van der Waals surface area contributed by atoms with Crippen LogP contribution in [-0.4, -0.2) is 60.3 Å². The molecule has 0 bridgehead atoms. The van der Waals surface area contributed by atoms with E-state index in [2.05, 4.69) is 37.2 Å². The summed E-state index contributed by atoms with van der Waals surface area (Å²) in [5, 5.41) is 12.1. The van der Waals surface area contributed by atoms with Crippen LogP contribution in [0.15, 0.2) is 49.1 Å². The summed E-state index contributed by atoms with van der Waals surface area (Å²) in [6.07, 6.45) is 9.62. The van der Waals surface area contributed by atoms with E-state index >= 15 is 0 Å². The third-order valence-electron chi connectivity index (χ3n) is 7.21. The number of ether oxygens (including phenoxy) is 1. The van der Waals surface area contributed by atoms with Gasteiger partial charge in [0.25, 0.3) is 17.7 Å². The molecule has 0 saturated heterocycles. The molecule has 4 aromatic rings. The summed E-state index contributed by atoms with van der Waals surface area (Å²) >= 11 is 3.38. The number of methoxy groups -OCH3 is 1. The van der Waals surface area contributed by atoms with Crippen LogP contribution >= 0.6 is 15.9 Å². The second-order valence-corrected chi connectivity index (χ2v) is 11.6. The fourth-order valence-electron chi connectivity index (χ4n) is 4.88. The molecule has 0 aliphatic heterocycles. The van der Waals surface area contributed by atoms with Crippen LogP contribution in [0.2, 0.25) is 0 Å². The third-order valence-corrected chi connectivity index (χ3v) is 7.77. The van der Waals surface area contributed by atoms with Gasteiger partial charge in [-0.1, -0.05) is 22.4 Å². The van der Waals surface area contributed by atoms with Gasteiger partial charge in [0.15, 0.2) is 0 Å². The van der Waals surface area contributed by atoms with E-state index in [1.807, 2.05) is 0 Å². The van der Waals surface area contributed by atoms with Crippen LogP contribution in [0.25, 0.3) is 0 Å². The molecule has 15 heteroatoms. The van der Waals surface area contributed by atoms with Crippen LogP contribution in [0.3, 0.4) is 0 Å². The van der Waals surface area contributed by atoms with Gasteiger partial charge in [0.1, 0.15) is 22.8 Å². The van der Waals surface area contributed by atoms with Gasteiger partial charge in [-0.25, -0.2) is 4.79 Å². The number of hydrogen-bond donors (Lipinski definition) is 4. The Balaban J connectivity index is 1.37. The van der Waals surface area contributed by atoms with E-state index in [-0.39, 0.29) is 23.0 Å². The molecule has 0 fully saturated rings. The van der Waals surface area contributed by atoms with Crippen molar-refractivity contribution in [2.45, 2.75) is 25.7 Å². The first-order chi connectivity index (χ1) is 21.9. The van der Waals surface area contributed by atoms with Gasteiger partial charge in [-0.05, 0) is 37.1 Å². The van der Waals surface area contributed by atoms with Gasteiger partial charge in [-0.15, -0.1) is 0 Å². The molecule has 46 heavy (non-hydrogen) atoms. The Hall–Kier alpha value is -5.05. The zero-order chi connectivity index (χ0) is 33.5. The minimum Gasteiger partial charge on any atom is -0.464 e. The smallest absolute Gasteiger partial charge is 0.354 e. The molecule has 0 aliphatic rings. The fraction of sp³-hybridized carbons (Fsp3) is 0.323. The number of anilines is 4. The number of amides is 4. The van der Waals surface area contributed by atoms with E-state index in [4.69, 9.17) is 4.74 Å². The average molecular weight is 698 g/mol. The number of aromatic nitrogens is 4. The van der Waals surface area contributed by atoms with Crippen LogP contribution in [0, 0.1) is 0 Å². The van der Waals surface area contributed by atoms with Crippen molar-refractivity contribution in [3.63, 3.8) is 0 Å². The summed E-state index contributed by atoms with van der Waals surface area (Å²) in [4.78, 5) is 63.3. The first kappa shape index (κ1) is 33.8. The van der Waals surface area contributed by atoms with E-state index in [0.29, 0.717) is 34.9 Å². The van der Waals surface area contributed by atoms with Crippen molar-refractivity contribution in [1.29, 1.82) is 0 Å². The van der Waals surface area contributed by atoms with Crippen LogP contribution in [0.1, 0.15) is 67.6 Å². The van der Waals surface area contributed by atoms with Gasteiger partial charge in [0.2, 0.25) is 5.91 Å². The molecule has 0 radical (unpaired) electrons. The molecule has 0 unspecified atom stereocenters. The van der Waals surface area contributed by atoms with Crippen molar-refractivity contribution in [2.24, 2.45) is 28.2 Å². The van der Waals surface area contributed by atoms with Crippen molar-refractivity contribution in [2.75, 3.05) is 33.7 Å². The number of alkyl halides is 1. The predicted molar refractivity (Wildman–Crippen MR) is 178 cm³/mol. The Bertz CT molecular complexity index is 1780. The summed E-state index contributed by atoms with van der Waals surface area (Å²) in [6, 6.07) is 6.17. The normalized spacial score (nSPS) is 10.8.